The van der Waals surface area contributed by atoms with Crippen molar-refractivity contribution in [2.45, 2.75) is 13.3 Å². The number of hydrogen-bond acceptors (Lipinski definition) is 4. The first kappa shape index (κ1) is 18.9. The number of ether oxygens (including phenoxy) is 1. The maximum absolute atomic E-state index is 13.6. The molecule has 0 saturated heterocycles. The van der Waals surface area contributed by atoms with Gasteiger partial charge in [0.15, 0.2) is 11.6 Å². The number of furan rings is 1. The monoisotopic (exact) mass is 397 g/mol. The number of amides is 1. The number of carbonyl (C=O) groups is 2. The van der Waals surface area contributed by atoms with Crippen molar-refractivity contribution < 1.29 is 27.5 Å². The summed E-state index contributed by atoms with van der Waals surface area (Å²) in [5.41, 5.74) is 1.51. The topological polar surface area (TPSA) is 59.8 Å². The summed E-state index contributed by atoms with van der Waals surface area (Å²) in [6, 6.07) is 10.3. The van der Waals surface area contributed by atoms with E-state index in [0.29, 0.717) is 17.8 Å². The summed E-state index contributed by atoms with van der Waals surface area (Å²) < 4.78 is 37.9. The number of nitrogens with zero attached hydrogens (tertiary/aromatic N) is 1. The molecule has 1 amide bonds. The maximum Gasteiger partial charge on any atom is 0.343 e. The first-order valence-corrected chi connectivity index (χ1v) is 9.15. The molecule has 0 atom stereocenters. The quantitative estimate of drug-likeness (QED) is 0.618. The van der Waals surface area contributed by atoms with E-state index in [9.17, 15) is 18.4 Å². The molecule has 4 rings (SSSR count). The van der Waals surface area contributed by atoms with Crippen LogP contribution in [0.15, 0.2) is 53.1 Å². The van der Waals surface area contributed by atoms with Crippen LogP contribution >= 0.6 is 0 Å². The van der Waals surface area contributed by atoms with Crippen LogP contribution in [0.5, 0.6) is 0 Å². The van der Waals surface area contributed by atoms with E-state index < -0.39 is 23.5 Å². The summed E-state index contributed by atoms with van der Waals surface area (Å²) in [6.07, 6.45) is 1.77. The lowest BCUT2D eigenvalue weighted by Crippen LogP contribution is -2.28. The molecule has 0 bridgehead atoms. The van der Waals surface area contributed by atoms with E-state index in [1.165, 1.54) is 17.2 Å². The molecule has 0 unspecified atom stereocenters. The Hall–Kier alpha value is -3.48. The fourth-order valence-electron chi connectivity index (χ4n) is 3.39. The molecule has 0 aliphatic carbocycles. The second-order valence-corrected chi connectivity index (χ2v) is 6.55. The fraction of sp³-hybridized carbons (Fsp3) is 0.182. The molecule has 3 aromatic rings. The predicted octanol–water partition coefficient (Wildman–Crippen LogP) is 4.31. The first-order valence-electron chi connectivity index (χ1n) is 9.15. The van der Waals surface area contributed by atoms with Gasteiger partial charge in [0, 0.05) is 29.3 Å². The molecular weight excluding hydrogens is 380 g/mol. The number of fused-ring (bicyclic) bond motifs is 3. The Morgan fingerprint density at radius 3 is 2.69 bits per heavy atom. The molecule has 1 aromatic heterocycles. The molecule has 1 aliphatic heterocycles. The van der Waals surface area contributed by atoms with E-state index in [-0.39, 0.29) is 24.3 Å². The molecule has 2 heterocycles. The van der Waals surface area contributed by atoms with Crippen molar-refractivity contribution in [2.24, 2.45) is 0 Å². The number of halogens is 2. The van der Waals surface area contributed by atoms with Crippen LogP contribution in [-0.2, 0) is 16.0 Å². The molecule has 7 heteroatoms. The van der Waals surface area contributed by atoms with E-state index in [4.69, 9.17) is 9.15 Å². The predicted molar refractivity (Wildman–Crippen MR) is 102 cm³/mol. The van der Waals surface area contributed by atoms with Crippen molar-refractivity contribution in [2.75, 3.05) is 13.2 Å². The van der Waals surface area contributed by atoms with E-state index in [2.05, 4.69) is 0 Å². The lowest BCUT2D eigenvalue weighted by molar-refractivity contribution is -0.136. The Morgan fingerprint density at radius 2 is 1.93 bits per heavy atom. The van der Waals surface area contributed by atoms with Gasteiger partial charge >= 0.3 is 5.97 Å². The average Bonchev–Trinajstić information content (AvgIpc) is 2.97. The van der Waals surface area contributed by atoms with Gasteiger partial charge in [0.25, 0.3) is 5.91 Å². The number of hydrogen-bond donors (Lipinski definition) is 0. The molecule has 2 aromatic carbocycles. The molecule has 0 fully saturated rings. The molecule has 29 heavy (non-hydrogen) atoms. The molecule has 0 spiro atoms. The molecule has 5 nitrogen and oxygen atoms in total. The van der Waals surface area contributed by atoms with E-state index in [1.54, 1.807) is 13.0 Å². The number of benzene rings is 2. The van der Waals surface area contributed by atoms with Crippen molar-refractivity contribution in [3.8, 4) is 0 Å². The van der Waals surface area contributed by atoms with Gasteiger partial charge in [0.1, 0.15) is 16.9 Å². The van der Waals surface area contributed by atoms with E-state index >= 15 is 0 Å². The lowest BCUT2D eigenvalue weighted by Gasteiger charge is -2.18. The fourth-order valence-corrected chi connectivity index (χ4v) is 3.39. The van der Waals surface area contributed by atoms with Crippen molar-refractivity contribution in [3.63, 3.8) is 0 Å². The van der Waals surface area contributed by atoms with Gasteiger partial charge in [0.2, 0.25) is 0 Å². The third-order valence-electron chi connectivity index (χ3n) is 4.75. The largest absolute Gasteiger partial charge is 0.462 e. The van der Waals surface area contributed by atoms with Crippen LogP contribution in [0.25, 0.3) is 16.5 Å². The summed E-state index contributed by atoms with van der Waals surface area (Å²) in [5.74, 6) is -2.98. The van der Waals surface area contributed by atoms with E-state index in [0.717, 1.165) is 23.1 Å². The van der Waals surface area contributed by atoms with Gasteiger partial charge in [-0.2, -0.15) is 0 Å². The zero-order valence-corrected chi connectivity index (χ0v) is 15.6. The number of para-hydroxylation sites is 1. The second kappa shape index (κ2) is 7.50. The van der Waals surface area contributed by atoms with Gasteiger partial charge in [-0.1, -0.05) is 18.2 Å². The Balaban J connectivity index is 1.79. The zero-order valence-electron chi connectivity index (χ0n) is 15.6. The summed E-state index contributed by atoms with van der Waals surface area (Å²) in [5, 5.41) is 0.847. The van der Waals surface area contributed by atoms with Crippen LogP contribution in [0.3, 0.4) is 0 Å². The average molecular weight is 397 g/mol. The van der Waals surface area contributed by atoms with Gasteiger partial charge in [0.05, 0.1) is 6.61 Å². The van der Waals surface area contributed by atoms with Gasteiger partial charge in [-0.3, -0.25) is 4.79 Å². The first-order chi connectivity index (χ1) is 14.0. The molecular formula is C22H17F2NO4. The number of carbonyl (C=O) groups excluding carboxylic acids is 2. The highest BCUT2D eigenvalue weighted by molar-refractivity contribution is 6.17. The van der Waals surface area contributed by atoms with Crippen LogP contribution in [0.4, 0.5) is 8.78 Å². The van der Waals surface area contributed by atoms with Crippen LogP contribution in [0.1, 0.15) is 28.6 Å². The minimum atomic E-state index is -1.11. The SMILES string of the molecule is CCOC(=O)C1=CN(C(=O)c2ccc(F)c(F)c2)CCc2c1oc1ccccc21. The maximum atomic E-state index is 13.6. The number of rotatable bonds is 3. The zero-order chi connectivity index (χ0) is 20.5. The molecule has 0 radical (unpaired) electrons. The third-order valence-corrected chi connectivity index (χ3v) is 4.75. The smallest absolute Gasteiger partial charge is 0.343 e. The Morgan fingerprint density at radius 1 is 1.14 bits per heavy atom. The van der Waals surface area contributed by atoms with Crippen molar-refractivity contribution in [1.82, 2.24) is 4.90 Å². The summed E-state index contributed by atoms with van der Waals surface area (Å²) in [7, 11) is 0. The van der Waals surface area contributed by atoms with Gasteiger partial charge < -0.3 is 14.1 Å². The Labute approximate surface area is 165 Å². The minimum absolute atomic E-state index is 0.0215. The summed E-state index contributed by atoms with van der Waals surface area (Å²) >= 11 is 0. The van der Waals surface area contributed by atoms with Crippen LogP contribution in [-0.4, -0.2) is 29.9 Å². The Kier molecular flexibility index (Phi) is 4.88. The number of esters is 1. The highest BCUT2D eigenvalue weighted by Gasteiger charge is 2.29. The minimum Gasteiger partial charge on any atom is -0.462 e. The highest BCUT2D eigenvalue weighted by atomic mass is 19.2. The van der Waals surface area contributed by atoms with Crippen LogP contribution in [0.2, 0.25) is 0 Å². The standard InChI is InChI=1S/C22H17F2NO4/c1-2-28-22(27)16-12-25(21(26)13-7-8-17(23)18(24)11-13)10-9-15-14-5-3-4-6-19(14)29-20(15)16/h3-8,11-12H,2,9-10H2,1H3. The van der Waals surface area contributed by atoms with Crippen molar-refractivity contribution >= 4 is 28.4 Å². The molecule has 0 saturated carbocycles. The van der Waals surface area contributed by atoms with E-state index in [1.807, 2.05) is 18.2 Å². The highest BCUT2D eigenvalue weighted by Crippen LogP contribution is 2.34. The van der Waals surface area contributed by atoms with Gasteiger partial charge in [-0.05, 0) is 37.6 Å². The molecule has 0 N–H and O–H groups in total. The van der Waals surface area contributed by atoms with Crippen LogP contribution in [0, 0.1) is 11.6 Å². The normalized spacial score (nSPS) is 13.6. The summed E-state index contributed by atoms with van der Waals surface area (Å²) in [4.78, 5) is 26.8. The second-order valence-electron chi connectivity index (χ2n) is 6.55. The van der Waals surface area contributed by atoms with Crippen LogP contribution < -0.4 is 0 Å². The summed E-state index contributed by atoms with van der Waals surface area (Å²) in [6.45, 7) is 2.07. The van der Waals surface area contributed by atoms with Crippen molar-refractivity contribution in [3.05, 3.63) is 77.2 Å². The van der Waals surface area contributed by atoms with Gasteiger partial charge in [-0.15, -0.1) is 0 Å². The Bertz CT molecular complexity index is 1150. The lowest BCUT2D eigenvalue weighted by atomic mass is 10.0. The van der Waals surface area contributed by atoms with Crippen molar-refractivity contribution in [1.29, 1.82) is 0 Å². The third kappa shape index (κ3) is 3.40. The molecule has 148 valence electrons. The van der Waals surface area contributed by atoms with Gasteiger partial charge in [-0.25, -0.2) is 13.6 Å². The molecule has 1 aliphatic rings.